The fourth-order valence-electron chi connectivity index (χ4n) is 0.929. The van der Waals surface area contributed by atoms with Crippen molar-refractivity contribution in [3.8, 4) is 6.07 Å². The Hall–Kier alpha value is -1.92. The van der Waals surface area contributed by atoms with Gasteiger partial charge in [-0.05, 0) is 17.7 Å². The van der Waals surface area contributed by atoms with Crippen LogP contribution in [-0.2, 0) is 13.6 Å². The van der Waals surface area contributed by atoms with Gasteiger partial charge >= 0.3 is 0 Å². The van der Waals surface area contributed by atoms with Crippen LogP contribution in [0.2, 0.25) is 0 Å². The lowest BCUT2D eigenvalue weighted by Gasteiger charge is -1.98. The second-order valence-electron chi connectivity index (χ2n) is 2.27. The van der Waals surface area contributed by atoms with E-state index in [2.05, 4.69) is 10.0 Å². The van der Waals surface area contributed by atoms with Crippen molar-refractivity contribution in [3.05, 3.63) is 34.0 Å². The Bertz CT molecular complexity index is 364. The zero-order chi connectivity index (χ0) is 8.97. The lowest BCUT2D eigenvalue weighted by Crippen LogP contribution is -1.96. The minimum Gasteiger partial charge on any atom is -0.340 e. The van der Waals surface area contributed by atoms with E-state index in [-0.39, 0.29) is 6.54 Å². The molecule has 1 heterocycles. The third-order valence-electron chi connectivity index (χ3n) is 1.64. The molecule has 1 aromatic rings. The van der Waals surface area contributed by atoms with Gasteiger partial charge in [-0.3, -0.25) is 0 Å². The van der Waals surface area contributed by atoms with Crippen molar-refractivity contribution in [2.45, 2.75) is 6.54 Å². The Morgan fingerprint density at radius 2 is 2.50 bits per heavy atom. The second-order valence-corrected chi connectivity index (χ2v) is 2.27. The molecule has 5 nitrogen and oxygen atoms in total. The summed E-state index contributed by atoms with van der Waals surface area (Å²) in [4.78, 5) is 2.64. The van der Waals surface area contributed by atoms with Gasteiger partial charge in [-0.15, -0.1) is 0 Å². The zero-order valence-electron chi connectivity index (χ0n) is 6.60. The molecule has 5 heteroatoms. The third-order valence-corrected chi connectivity index (χ3v) is 1.64. The van der Waals surface area contributed by atoms with E-state index in [1.807, 2.05) is 6.07 Å². The van der Waals surface area contributed by atoms with Crippen LogP contribution in [0.5, 0.6) is 0 Å². The Morgan fingerprint density at radius 1 is 1.75 bits per heavy atom. The van der Waals surface area contributed by atoms with Gasteiger partial charge in [0, 0.05) is 17.7 Å². The topological polar surface area (TPSA) is 77.5 Å². The normalized spacial score (nSPS) is 8.67. The summed E-state index contributed by atoms with van der Waals surface area (Å²) >= 11 is 0. The molecular weight excluding hydrogens is 154 g/mol. The van der Waals surface area contributed by atoms with Crippen LogP contribution in [0.1, 0.15) is 11.4 Å². The summed E-state index contributed by atoms with van der Waals surface area (Å²) < 4.78 is 1.70. The van der Waals surface area contributed by atoms with Crippen LogP contribution < -0.4 is 0 Å². The lowest BCUT2D eigenvalue weighted by molar-refractivity contribution is 0.810. The van der Waals surface area contributed by atoms with Crippen molar-refractivity contribution in [1.29, 1.82) is 5.26 Å². The summed E-state index contributed by atoms with van der Waals surface area (Å²) in [5.74, 6) is 0. The van der Waals surface area contributed by atoms with Crippen molar-refractivity contribution in [2.24, 2.45) is 12.2 Å². The van der Waals surface area contributed by atoms with E-state index >= 15 is 0 Å². The van der Waals surface area contributed by atoms with Crippen LogP contribution in [-0.4, -0.2) is 4.57 Å². The summed E-state index contributed by atoms with van der Waals surface area (Å²) in [5, 5.41) is 12.0. The van der Waals surface area contributed by atoms with E-state index in [1.165, 1.54) is 0 Å². The van der Waals surface area contributed by atoms with Gasteiger partial charge < -0.3 is 4.57 Å². The minimum absolute atomic E-state index is 0.286. The molecule has 0 aliphatic heterocycles. The number of aromatic nitrogens is 1. The van der Waals surface area contributed by atoms with Crippen LogP contribution >= 0.6 is 0 Å². The highest BCUT2D eigenvalue weighted by atomic mass is 15.1. The first-order chi connectivity index (χ1) is 5.79. The maximum Gasteiger partial charge on any atom is 0.120 e. The van der Waals surface area contributed by atoms with Gasteiger partial charge in [-0.25, -0.2) is 0 Å². The van der Waals surface area contributed by atoms with Crippen LogP contribution in [0.15, 0.2) is 17.2 Å². The number of nitrogens with zero attached hydrogens (tertiary/aromatic N) is 5. The van der Waals surface area contributed by atoms with Crippen LogP contribution in [0.3, 0.4) is 0 Å². The first-order valence-electron chi connectivity index (χ1n) is 3.35. The molecule has 0 N–H and O–H groups in total. The highest BCUT2D eigenvalue weighted by Gasteiger charge is 2.01. The fourth-order valence-corrected chi connectivity index (χ4v) is 0.929. The summed E-state index contributed by atoms with van der Waals surface area (Å²) in [6.07, 6.45) is 0. The molecule has 1 rings (SSSR count). The molecular formula is C7H7N5. The fraction of sp³-hybridized carbons (Fsp3) is 0.286. The van der Waals surface area contributed by atoms with Crippen molar-refractivity contribution >= 4 is 0 Å². The van der Waals surface area contributed by atoms with Crippen molar-refractivity contribution in [1.82, 2.24) is 4.57 Å². The summed E-state index contributed by atoms with van der Waals surface area (Å²) in [6, 6.07) is 5.49. The lowest BCUT2D eigenvalue weighted by atomic mass is 10.4. The number of hydrogen-bond donors (Lipinski definition) is 0. The first-order valence-corrected chi connectivity index (χ1v) is 3.35. The van der Waals surface area contributed by atoms with E-state index in [1.54, 1.807) is 23.7 Å². The molecule has 0 fully saturated rings. The van der Waals surface area contributed by atoms with Crippen molar-refractivity contribution in [3.63, 3.8) is 0 Å². The zero-order valence-corrected chi connectivity index (χ0v) is 6.60. The molecule has 0 saturated carbocycles. The van der Waals surface area contributed by atoms with Gasteiger partial charge in [0.2, 0.25) is 0 Å². The van der Waals surface area contributed by atoms with Gasteiger partial charge in [-0.2, -0.15) is 5.26 Å². The average Bonchev–Trinajstić information content (AvgIpc) is 2.43. The molecule has 0 saturated heterocycles. The van der Waals surface area contributed by atoms with Gasteiger partial charge in [0.05, 0.1) is 6.54 Å². The van der Waals surface area contributed by atoms with E-state index in [0.29, 0.717) is 5.69 Å². The highest BCUT2D eigenvalue weighted by molar-refractivity contribution is 5.26. The minimum atomic E-state index is 0.286. The molecule has 0 spiro atoms. The first kappa shape index (κ1) is 8.18. The molecule has 0 unspecified atom stereocenters. The number of hydrogen-bond acceptors (Lipinski definition) is 2. The summed E-state index contributed by atoms with van der Waals surface area (Å²) in [5.41, 5.74) is 9.47. The molecule has 0 radical (unpaired) electrons. The predicted octanol–water partition coefficient (Wildman–Crippen LogP) is 1.71. The largest absolute Gasteiger partial charge is 0.340 e. The summed E-state index contributed by atoms with van der Waals surface area (Å²) in [6.45, 7) is 0.286. The number of rotatable bonds is 2. The number of nitriles is 1. The van der Waals surface area contributed by atoms with Crippen molar-refractivity contribution < 1.29 is 0 Å². The standard InChI is InChI=1S/C7H7N5/c1-12-6(4-8)2-3-7(12)5-10-11-9/h2-3H,5H2,1H3. The molecule has 0 aliphatic rings. The maximum absolute atomic E-state index is 8.58. The highest BCUT2D eigenvalue weighted by Crippen LogP contribution is 2.06. The second kappa shape index (κ2) is 3.46. The molecule has 0 aliphatic carbocycles. The predicted molar refractivity (Wildman–Crippen MR) is 43.0 cm³/mol. The molecule has 12 heavy (non-hydrogen) atoms. The Morgan fingerprint density at radius 3 is 3.00 bits per heavy atom. The number of azide groups is 1. The van der Waals surface area contributed by atoms with Crippen LogP contribution in [0.25, 0.3) is 10.4 Å². The van der Waals surface area contributed by atoms with Gasteiger partial charge in [0.1, 0.15) is 11.8 Å². The third kappa shape index (κ3) is 1.39. The quantitative estimate of drug-likeness (QED) is 0.369. The molecule has 0 amide bonds. The average molecular weight is 161 g/mol. The van der Waals surface area contributed by atoms with Crippen molar-refractivity contribution in [2.75, 3.05) is 0 Å². The van der Waals surface area contributed by atoms with E-state index < -0.39 is 0 Å². The Kier molecular flexibility index (Phi) is 2.36. The van der Waals surface area contributed by atoms with Gasteiger partial charge in [0.25, 0.3) is 0 Å². The molecule has 60 valence electrons. The maximum atomic E-state index is 8.58. The Labute approximate surface area is 69.5 Å². The molecule has 1 aromatic heterocycles. The molecule has 0 bridgehead atoms. The SMILES string of the molecule is Cn1c(C#N)ccc1CN=[N+]=[N-]. The Balaban J connectivity index is 2.96. The van der Waals surface area contributed by atoms with Gasteiger partial charge in [0.15, 0.2) is 0 Å². The molecule has 0 aromatic carbocycles. The molecule has 0 atom stereocenters. The van der Waals surface area contributed by atoms with E-state index in [9.17, 15) is 0 Å². The van der Waals surface area contributed by atoms with Crippen LogP contribution in [0, 0.1) is 11.3 Å². The summed E-state index contributed by atoms with van der Waals surface area (Å²) in [7, 11) is 1.76. The smallest absolute Gasteiger partial charge is 0.120 e. The van der Waals surface area contributed by atoms with E-state index in [0.717, 1.165) is 5.69 Å². The van der Waals surface area contributed by atoms with Gasteiger partial charge in [-0.1, -0.05) is 5.11 Å². The monoisotopic (exact) mass is 161 g/mol. The van der Waals surface area contributed by atoms with E-state index in [4.69, 9.17) is 10.8 Å². The van der Waals surface area contributed by atoms with Crippen LogP contribution in [0.4, 0.5) is 0 Å².